The van der Waals surface area contributed by atoms with Gasteiger partial charge in [-0.3, -0.25) is 4.98 Å². The Bertz CT molecular complexity index is 748. The zero-order valence-electron chi connectivity index (χ0n) is 9.62. The molecule has 0 spiro atoms. The van der Waals surface area contributed by atoms with Crippen LogP contribution in [-0.2, 0) is 0 Å². The summed E-state index contributed by atoms with van der Waals surface area (Å²) in [5.74, 6) is 0. The fraction of sp³-hybridized carbons (Fsp3) is 0.0833. The van der Waals surface area contributed by atoms with Crippen LogP contribution in [0, 0.1) is 0 Å². The van der Waals surface area contributed by atoms with E-state index >= 15 is 0 Å². The molecule has 1 aromatic carbocycles. The molecule has 0 saturated carbocycles. The fourth-order valence-electron chi connectivity index (χ4n) is 1.78. The molecule has 0 aliphatic carbocycles. The van der Waals surface area contributed by atoms with Gasteiger partial charge in [-0.1, -0.05) is 42.1 Å². The second kappa shape index (κ2) is 4.30. The van der Waals surface area contributed by atoms with E-state index in [2.05, 4.69) is 15.1 Å². The second-order valence-corrected chi connectivity index (χ2v) is 4.51. The Labute approximate surface area is 107 Å². The SMILES string of the molecule is CSc1nc2c(-c3ccccc3)cnn2c(=O)[nH]1. The predicted octanol–water partition coefficient (Wildman–Crippen LogP) is 1.81. The zero-order valence-corrected chi connectivity index (χ0v) is 10.4. The Kier molecular flexibility index (Phi) is 2.64. The van der Waals surface area contributed by atoms with Gasteiger partial charge >= 0.3 is 5.69 Å². The molecule has 3 rings (SSSR count). The average Bonchev–Trinajstić information content (AvgIpc) is 2.84. The van der Waals surface area contributed by atoms with Gasteiger partial charge in [0.15, 0.2) is 10.8 Å². The van der Waals surface area contributed by atoms with Crippen LogP contribution in [0.4, 0.5) is 0 Å². The van der Waals surface area contributed by atoms with Crippen LogP contribution in [0.2, 0.25) is 0 Å². The van der Waals surface area contributed by atoms with Crippen LogP contribution in [0.15, 0.2) is 46.5 Å². The minimum Gasteiger partial charge on any atom is -0.285 e. The molecule has 0 aliphatic heterocycles. The van der Waals surface area contributed by atoms with Crippen molar-refractivity contribution in [3.63, 3.8) is 0 Å². The Morgan fingerprint density at radius 1 is 1.28 bits per heavy atom. The highest BCUT2D eigenvalue weighted by molar-refractivity contribution is 7.98. The summed E-state index contributed by atoms with van der Waals surface area (Å²) in [4.78, 5) is 18.9. The Balaban J connectivity index is 2.32. The van der Waals surface area contributed by atoms with Gasteiger partial charge in [0.1, 0.15) is 0 Å². The van der Waals surface area contributed by atoms with Gasteiger partial charge in [0.2, 0.25) is 0 Å². The lowest BCUT2D eigenvalue weighted by molar-refractivity contribution is 0.787. The number of thioether (sulfide) groups is 1. The monoisotopic (exact) mass is 258 g/mol. The lowest BCUT2D eigenvalue weighted by Crippen LogP contribution is -2.19. The number of aromatic amines is 1. The Morgan fingerprint density at radius 3 is 2.78 bits per heavy atom. The number of aromatic nitrogens is 4. The van der Waals surface area contributed by atoms with E-state index in [9.17, 15) is 4.79 Å². The lowest BCUT2D eigenvalue weighted by Gasteiger charge is -2.00. The Hall–Kier alpha value is -2.08. The van der Waals surface area contributed by atoms with Gasteiger partial charge in [-0.25, -0.2) is 9.78 Å². The van der Waals surface area contributed by atoms with Crippen LogP contribution in [-0.4, -0.2) is 25.8 Å². The number of nitrogens with zero attached hydrogens (tertiary/aromatic N) is 3. The summed E-state index contributed by atoms with van der Waals surface area (Å²) in [6.07, 6.45) is 3.53. The molecule has 0 radical (unpaired) electrons. The van der Waals surface area contributed by atoms with Gasteiger partial charge in [-0.05, 0) is 11.8 Å². The van der Waals surface area contributed by atoms with E-state index in [0.717, 1.165) is 11.1 Å². The molecule has 0 atom stereocenters. The standard InChI is InChI=1S/C12H10N4OS/c1-18-11-14-10-9(8-5-3-2-4-6-8)7-13-16(10)12(17)15-11/h2-7H,1H3,(H,14,15,17). The molecular formula is C12H10N4OS. The van der Waals surface area contributed by atoms with Crippen molar-refractivity contribution in [2.24, 2.45) is 0 Å². The molecule has 0 saturated heterocycles. The smallest absolute Gasteiger partial charge is 0.285 e. The van der Waals surface area contributed by atoms with Crippen LogP contribution in [0.3, 0.4) is 0 Å². The molecule has 0 amide bonds. The summed E-state index contributed by atoms with van der Waals surface area (Å²) in [5, 5.41) is 4.66. The lowest BCUT2D eigenvalue weighted by atomic mass is 10.1. The van der Waals surface area contributed by atoms with Crippen LogP contribution >= 0.6 is 11.8 Å². The van der Waals surface area contributed by atoms with Crippen molar-refractivity contribution in [2.75, 3.05) is 6.26 Å². The maximum absolute atomic E-state index is 11.8. The van der Waals surface area contributed by atoms with Gasteiger partial charge in [-0.2, -0.15) is 9.61 Å². The third-order valence-electron chi connectivity index (χ3n) is 2.64. The molecule has 1 N–H and O–H groups in total. The molecule has 0 fully saturated rings. The largest absolute Gasteiger partial charge is 0.350 e. The zero-order chi connectivity index (χ0) is 12.5. The van der Waals surface area contributed by atoms with Gasteiger partial charge in [0.05, 0.1) is 6.20 Å². The summed E-state index contributed by atoms with van der Waals surface area (Å²) in [6, 6.07) is 9.78. The van der Waals surface area contributed by atoms with Crippen LogP contribution < -0.4 is 5.69 Å². The van der Waals surface area contributed by atoms with Crippen molar-refractivity contribution in [3.8, 4) is 11.1 Å². The van der Waals surface area contributed by atoms with Crippen molar-refractivity contribution in [3.05, 3.63) is 47.0 Å². The maximum Gasteiger partial charge on any atom is 0.350 e. The molecule has 2 aromatic heterocycles. The van der Waals surface area contributed by atoms with Crippen molar-refractivity contribution in [2.45, 2.75) is 5.16 Å². The quantitative estimate of drug-likeness (QED) is 0.712. The van der Waals surface area contributed by atoms with Crippen LogP contribution in [0.1, 0.15) is 0 Å². The molecule has 90 valence electrons. The highest BCUT2D eigenvalue weighted by atomic mass is 32.2. The summed E-state index contributed by atoms with van der Waals surface area (Å²) < 4.78 is 1.28. The average molecular weight is 258 g/mol. The topological polar surface area (TPSA) is 63.1 Å². The first-order valence-electron chi connectivity index (χ1n) is 5.37. The fourth-order valence-corrected chi connectivity index (χ4v) is 2.15. The summed E-state index contributed by atoms with van der Waals surface area (Å²) in [7, 11) is 0. The molecule has 18 heavy (non-hydrogen) atoms. The molecule has 5 nitrogen and oxygen atoms in total. The van der Waals surface area contributed by atoms with Crippen molar-refractivity contribution < 1.29 is 0 Å². The highest BCUT2D eigenvalue weighted by Gasteiger charge is 2.11. The second-order valence-electron chi connectivity index (χ2n) is 3.71. The molecule has 3 aromatic rings. The van der Waals surface area contributed by atoms with E-state index in [1.54, 1.807) is 6.20 Å². The molecule has 0 aliphatic rings. The van der Waals surface area contributed by atoms with E-state index in [-0.39, 0.29) is 5.69 Å². The molecule has 0 unspecified atom stereocenters. The minimum absolute atomic E-state index is 0.272. The van der Waals surface area contributed by atoms with Crippen molar-refractivity contribution >= 4 is 17.4 Å². The van der Waals surface area contributed by atoms with Gasteiger partial charge in [0.25, 0.3) is 0 Å². The van der Waals surface area contributed by atoms with Crippen molar-refractivity contribution in [1.82, 2.24) is 19.6 Å². The molecule has 6 heteroatoms. The van der Waals surface area contributed by atoms with Gasteiger partial charge in [0, 0.05) is 5.56 Å². The number of benzene rings is 1. The number of rotatable bonds is 2. The molecule has 2 heterocycles. The minimum atomic E-state index is -0.272. The predicted molar refractivity (Wildman–Crippen MR) is 70.8 cm³/mol. The number of hydrogen-bond donors (Lipinski definition) is 1. The van der Waals surface area contributed by atoms with E-state index in [1.807, 2.05) is 36.6 Å². The number of nitrogens with one attached hydrogen (secondary N) is 1. The van der Waals surface area contributed by atoms with Gasteiger partial charge in [-0.15, -0.1) is 0 Å². The van der Waals surface area contributed by atoms with Crippen LogP contribution in [0.25, 0.3) is 16.8 Å². The van der Waals surface area contributed by atoms with Crippen LogP contribution in [0.5, 0.6) is 0 Å². The summed E-state index contributed by atoms with van der Waals surface area (Å²) >= 11 is 1.40. The summed E-state index contributed by atoms with van der Waals surface area (Å²) in [6.45, 7) is 0. The van der Waals surface area contributed by atoms with E-state index in [0.29, 0.717) is 10.8 Å². The third kappa shape index (κ3) is 1.70. The maximum atomic E-state index is 11.8. The highest BCUT2D eigenvalue weighted by Crippen LogP contribution is 2.22. The summed E-state index contributed by atoms with van der Waals surface area (Å²) in [5.41, 5.74) is 2.16. The van der Waals surface area contributed by atoms with E-state index in [1.165, 1.54) is 16.3 Å². The van der Waals surface area contributed by atoms with Crippen molar-refractivity contribution in [1.29, 1.82) is 0 Å². The first-order chi connectivity index (χ1) is 8.79. The molecular weight excluding hydrogens is 248 g/mol. The third-order valence-corrected chi connectivity index (χ3v) is 3.22. The number of fused-ring (bicyclic) bond motifs is 1. The number of hydrogen-bond acceptors (Lipinski definition) is 4. The normalized spacial score (nSPS) is 10.9. The number of H-pyrrole nitrogens is 1. The first kappa shape index (κ1) is 11.0. The Morgan fingerprint density at radius 2 is 2.06 bits per heavy atom. The first-order valence-corrected chi connectivity index (χ1v) is 6.59. The van der Waals surface area contributed by atoms with E-state index in [4.69, 9.17) is 0 Å². The molecule has 0 bridgehead atoms. The van der Waals surface area contributed by atoms with Gasteiger partial charge < -0.3 is 0 Å². The van der Waals surface area contributed by atoms with E-state index < -0.39 is 0 Å².